The van der Waals surface area contributed by atoms with Gasteiger partial charge in [-0.25, -0.2) is 19.3 Å². The van der Waals surface area contributed by atoms with Gasteiger partial charge in [0.05, 0.1) is 93.3 Å². The zero-order valence-electron chi connectivity index (χ0n) is 60.9. The summed E-state index contributed by atoms with van der Waals surface area (Å²) in [5.74, 6) is 4.00. The van der Waals surface area contributed by atoms with E-state index in [1.807, 2.05) is 54.6 Å². The summed E-state index contributed by atoms with van der Waals surface area (Å²) in [5, 5.41) is 21.1. The molecule has 3 fully saturated rings. The SMILES string of the molecule is COc1cc(N2CCC(N3CCN(C)CC3)CC2)ccc1Nc1ncc(Cl)c(Nc2ccccc2OC)n1.COc1cc(N2CCN(C(C)C)CC2)ccc1Nc1nc2c(c(Nc3cccc(F)c3C(N)=O)n1)C=CC2.COc1cc(P(C)(C)=O)ccc1Nc1ncc(Cl)c(Nc2ccc(Cl)cc2OC)n1. The van der Waals surface area contributed by atoms with Gasteiger partial charge in [0, 0.05) is 129 Å². The zero-order valence-corrected chi connectivity index (χ0v) is 64.1. The number of hydrogen-bond acceptors (Lipinski definition) is 24. The molecule has 0 saturated carbocycles. The molecule has 8 N–H and O–H groups in total. The lowest BCUT2D eigenvalue weighted by Crippen LogP contribution is -2.52. The number of carbonyl (C=O) groups excluding carboxylic acids is 1. The summed E-state index contributed by atoms with van der Waals surface area (Å²) >= 11 is 18.7. The fourth-order valence-corrected chi connectivity index (χ4v) is 14.0. The molecule has 0 spiro atoms. The number of nitrogens with zero attached hydrogens (tertiary/aromatic N) is 11. The molecule has 3 aromatic heterocycles. The predicted molar refractivity (Wildman–Crippen MR) is 426 cm³/mol. The van der Waals surface area contributed by atoms with Crippen molar-refractivity contribution < 1.29 is 37.4 Å². The van der Waals surface area contributed by atoms with E-state index < -0.39 is 18.9 Å². The van der Waals surface area contributed by atoms with Gasteiger partial charge in [0.25, 0.3) is 5.91 Å². The first-order valence-corrected chi connectivity index (χ1v) is 38.4. The third-order valence-electron chi connectivity index (χ3n) is 18.6. The molecule has 0 atom stereocenters. The fraction of sp³-hybridized carbons (Fsp3) is 0.329. The van der Waals surface area contributed by atoms with Crippen molar-refractivity contribution >= 4 is 140 Å². The Morgan fingerprint density at radius 2 is 1.04 bits per heavy atom. The Morgan fingerprint density at radius 3 is 1.60 bits per heavy atom. The average molecular weight is 1520 g/mol. The van der Waals surface area contributed by atoms with Gasteiger partial charge in [0.1, 0.15) is 57.6 Å². The van der Waals surface area contributed by atoms with Gasteiger partial charge in [-0.3, -0.25) is 14.6 Å². The molecule has 6 aromatic carbocycles. The summed E-state index contributed by atoms with van der Waals surface area (Å²) < 4.78 is 54.3. The number of nitrogens with two attached hydrogens (primary N) is 1. The lowest BCUT2D eigenvalue weighted by atomic mass is 10.0. The summed E-state index contributed by atoms with van der Waals surface area (Å²) in [6.07, 6.45) is 9.93. The second-order valence-electron chi connectivity index (χ2n) is 26.1. The highest BCUT2D eigenvalue weighted by Crippen LogP contribution is 2.41. The Kier molecular flexibility index (Phi) is 25.8. The second-order valence-corrected chi connectivity index (χ2v) is 30.6. The molecule has 6 heterocycles. The number of halogens is 4. The number of primary amides is 1. The van der Waals surface area contributed by atoms with Crippen LogP contribution in [-0.4, -0.2) is 184 Å². The van der Waals surface area contributed by atoms with E-state index in [1.54, 1.807) is 97.5 Å². The Bertz CT molecular complexity index is 4650. The number of likely N-dealkylation sites (N-methyl/N-ethyl adjacent to an activating group) is 1. The highest BCUT2D eigenvalue weighted by Gasteiger charge is 2.29. The number of aromatic nitrogens is 6. The van der Waals surface area contributed by atoms with E-state index in [0.717, 1.165) is 84.3 Å². The molecule has 3 saturated heterocycles. The first kappa shape index (κ1) is 77.2. The maximum absolute atomic E-state index is 14.3. The van der Waals surface area contributed by atoms with Crippen molar-refractivity contribution in [2.75, 3.05) is 163 Å². The first-order valence-electron chi connectivity index (χ1n) is 34.6. The Morgan fingerprint density at radius 1 is 0.547 bits per heavy atom. The number of anilines is 14. The Balaban J connectivity index is 0.000000160. The molecule has 106 heavy (non-hydrogen) atoms. The maximum Gasteiger partial charge on any atom is 0.253 e. The number of ether oxygens (including phenoxy) is 5. The molecule has 0 radical (unpaired) electrons. The number of benzene rings is 6. The standard InChI is InChI=1S/C28H36ClN7O2.C28H32FN7O2.C20H21Cl2N4O3P/c1-34-14-16-36(17-15-34)20-10-12-35(13-11-20)21-8-9-24(26(18-21)38-3)32-28-30-19-22(29)27(33-28)31-23-6-4-5-7-25(23)37-2;1-17(2)35-12-14-36(15-13-35)18-10-11-22(24(16-18)38-3)33-28-32-21-8-4-6-19(21)27(34-28)31-23-9-5-7-20(29)25(23)26(30)37;1-28-17-9-12(21)5-7-15(17)24-19-14(22)11-23-20(26-19)25-16-8-6-13(30(3,4)27)10-18(16)29-2/h4-9,18-20H,10-17H2,1-3H3,(H2,30,31,32,33);4-7,9-11,16-17H,8,12-15H2,1-3H3,(H2,30,37)(H2,31,32,33,34);5-11H,1-4H3,(H2,23,24,25,26). The number of methoxy groups -OCH3 is 5. The number of piperazine rings is 2. The lowest BCUT2D eigenvalue weighted by Gasteiger charge is -2.42. The number of carbonyl (C=O) groups is 1. The number of para-hydroxylation sites is 2. The largest absolute Gasteiger partial charge is 0.495 e. The van der Waals surface area contributed by atoms with Gasteiger partial charge in [-0.15, -0.1) is 0 Å². The van der Waals surface area contributed by atoms with Crippen molar-refractivity contribution in [3.05, 3.63) is 171 Å². The monoisotopic (exact) mass is 1520 g/mol. The maximum atomic E-state index is 14.3. The van der Waals surface area contributed by atoms with E-state index in [9.17, 15) is 13.8 Å². The molecule has 3 aliphatic heterocycles. The minimum absolute atomic E-state index is 0.220. The van der Waals surface area contributed by atoms with Crippen LogP contribution in [0, 0.1) is 5.82 Å². The number of piperidine rings is 1. The highest BCUT2D eigenvalue weighted by atomic mass is 35.5. The number of fused-ring (bicyclic) bond motifs is 1. The lowest BCUT2D eigenvalue weighted by molar-refractivity contribution is 0.0982. The van der Waals surface area contributed by atoms with E-state index in [1.165, 1.54) is 63.0 Å². The zero-order chi connectivity index (χ0) is 75.2. The summed E-state index contributed by atoms with van der Waals surface area (Å²) in [7, 11) is 7.83. The van der Waals surface area contributed by atoms with Gasteiger partial charge in [-0.1, -0.05) is 65.2 Å². The van der Waals surface area contributed by atoms with Crippen LogP contribution in [0.5, 0.6) is 28.7 Å². The van der Waals surface area contributed by atoms with Gasteiger partial charge >= 0.3 is 0 Å². The van der Waals surface area contributed by atoms with Gasteiger partial charge in [0.2, 0.25) is 17.8 Å². The van der Waals surface area contributed by atoms with Crippen LogP contribution in [0.15, 0.2) is 134 Å². The molecule has 0 bridgehead atoms. The smallest absolute Gasteiger partial charge is 0.253 e. The van der Waals surface area contributed by atoms with Gasteiger partial charge in [-0.2, -0.15) is 15.0 Å². The number of rotatable bonds is 23. The van der Waals surface area contributed by atoms with Crippen LogP contribution in [0.2, 0.25) is 15.1 Å². The summed E-state index contributed by atoms with van der Waals surface area (Å²) in [6.45, 7) is 18.6. The summed E-state index contributed by atoms with van der Waals surface area (Å²) in [4.78, 5) is 51.2. The van der Waals surface area contributed by atoms with Crippen molar-refractivity contribution in [2.45, 2.75) is 45.2 Å². The number of amides is 1. The second kappa shape index (κ2) is 35.4. The third kappa shape index (κ3) is 19.4. The minimum Gasteiger partial charge on any atom is -0.495 e. The minimum atomic E-state index is -2.41. The van der Waals surface area contributed by atoms with Crippen LogP contribution in [0.1, 0.15) is 48.3 Å². The molecule has 0 unspecified atom stereocenters. The van der Waals surface area contributed by atoms with Crippen molar-refractivity contribution in [3.8, 4) is 28.7 Å². The molecule has 1 amide bonds. The van der Waals surface area contributed by atoms with Crippen LogP contribution in [-0.2, 0) is 11.0 Å². The highest BCUT2D eigenvalue weighted by molar-refractivity contribution is 7.70. The van der Waals surface area contributed by atoms with Gasteiger partial charge in [0.15, 0.2) is 11.6 Å². The van der Waals surface area contributed by atoms with Crippen LogP contribution in [0.25, 0.3) is 6.08 Å². The van der Waals surface area contributed by atoms with Crippen molar-refractivity contribution in [1.29, 1.82) is 0 Å². The van der Waals surface area contributed by atoms with E-state index in [0.29, 0.717) is 103 Å². The van der Waals surface area contributed by atoms with Crippen molar-refractivity contribution in [2.24, 2.45) is 5.73 Å². The van der Waals surface area contributed by atoms with E-state index >= 15 is 0 Å². The number of hydrogen-bond donors (Lipinski definition) is 7. The Labute approximate surface area is 632 Å². The molecule has 1 aliphatic carbocycles. The molecule has 558 valence electrons. The normalized spacial score (nSPS) is 14.7. The van der Waals surface area contributed by atoms with E-state index in [4.69, 9.17) is 64.2 Å². The van der Waals surface area contributed by atoms with Crippen molar-refractivity contribution in [3.63, 3.8) is 0 Å². The molecule has 4 aliphatic rings. The first-order chi connectivity index (χ1) is 51.1. The van der Waals surface area contributed by atoms with Crippen LogP contribution in [0.3, 0.4) is 0 Å². The molecule has 13 rings (SSSR count). The van der Waals surface area contributed by atoms with E-state index in [-0.39, 0.29) is 11.3 Å². The molecular weight excluding hydrogens is 1430 g/mol. The van der Waals surface area contributed by atoms with Gasteiger partial charge < -0.3 is 80.6 Å². The molecule has 25 nitrogen and oxygen atoms in total. The predicted octanol–water partition coefficient (Wildman–Crippen LogP) is 14.7. The number of allylic oxidation sites excluding steroid dienone is 1. The summed E-state index contributed by atoms with van der Waals surface area (Å²) in [6, 6.07) is 35.9. The molecule has 30 heteroatoms. The van der Waals surface area contributed by atoms with Crippen molar-refractivity contribution in [1.82, 2.24) is 44.6 Å². The molecule has 9 aromatic rings. The van der Waals surface area contributed by atoms with E-state index in [2.05, 4.69) is 125 Å². The van der Waals surface area contributed by atoms with Crippen LogP contribution < -0.4 is 76.4 Å². The van der Waals surface area contributed by atoms with Crippen LogP contribution >= 0.6 is 41.9 Å². The third-order valence-corrected chi connectivity index (χ3v) is 20.9. The average Bonchev–Trinajstić information content (AvgIpc) is 1.57. The fourth-order valence-electron chi connectivity index (χ4n) is 12.7. The number of nitrogens with one attached hydrogen (secondary N) is 6. The van der Waals surface area contributed by atoms with Crippen LogP contribution in [0.4, 0.5) is 85.2 Å². The topological polar surface area (TPSA) is 272 Å². The molecular formula is C76H89Cl3FN18O7P. The quantitative estimate of drug-likeness (QED) is 0.0293. The van der Waals surface area contributed by atoms with Gasteiger partial charge in [-0.05, 0) is 126 Å². The summed E-state index contributed by atoms with van der Waals surface area (Å²) in [5.41, 5.74) is 12.9. The Hall–Kier alpha value is -9.92.